The topological polar surface area (TPSA) is 71.2 Å². The molecule has 138 valence electrons. The van der Waals surface area contributed by atoms with Gasteiger partial charge in [-0.2, -0.15) is 0 Å². The van der Waals surface area contributed by atoms with Crippen molar-refractivity contribution in [2.24, 2.45) is 0 Å². The predicted octanol–water partition coefficient (Wildman–Crippen LogP) is 4.58. The van der Waals surface area contributed by atoms with Gasteiger partial charge in [0.05, 0.1) is 12.7 Å². The van der Waals surface area contributed by atoms with Crippen molar-refractivity contribution in [3.05, 3.63) is 95.7 Å². The molecule has 0 saturated heterocycles. The van der Waals surface area contributed by atoms with Crippen molar-refractivity contribution in [1.82, 2.24) is 15.0 Å². The van der Waals surface area contributed by atoms with E-state index in [4.69, 9.17) is 0 Å². The van der Waals surface area contributed by atoms with Gasteiger partial charge in [-0.1, -0.05) is 72.0 Å². The Labute approximate surface area is 162 Å². The predicted molar refractivity (Wildman–Crippen MR) is 110 cm³/mol. The standard InChI is InChI=1S/C23H19N3O2/c27-22-13-12-20(14-23(22)28)21-16-26(25-24-21)15-19-10-8-18(9-11-19)7-6-17-4-2-1-3-5-17/h1-14,16,27-28H,15H2/b7-6+. The van der Waals surface area contributed by atoms with E-state index in [0.717, 1.165) is 11.1 Å². The molecule has 0 radical (unpaired) electrons. The van der Waals surface area contributed by atoms with Crippen molar-refractivity contribution >= 4 is 12.2 Å². The maximum Gasteiger partial charge on any atom is 0.158 e. The molecule has 28 heavy (non-hydrogen) atoms. The minimum atomic E-state index is -0.175. The van der Waals surface area contributed by atoms with Crippen LogP contribution in [0.3, 0.4) is 0 Å². The van der Waals surface area contributed by atoms with Gasteiger partial charge in [0.25, 0.3) is 0 Å². The highest BCUT2D eigenvalue weighted by molar-refractivity contribution is 5.69. The zero-order valence-electron chi connectivity index (χ0n) is 15.1. The Balaban J connectivity index is 1.44. The molecule has 5 heteroatoms. The van der Waals surface area contributed by atoms with Gasteiger partial charge in [-0.25, -0.2) is 4.68 Å². The molecule has 4 rings (SSSR count). The van der Waals surface area contributed by atoms with Crippen LogP contribution in [0.15, 0.2) is 79.0 Å². The molecule has 0 aliphatic heterocycles. The van der Waals surface area contributed by atoms with Gasteiger partial charge in [0.2, 0.25) is 0 Å². The third-order valence-electron chi connectivity index (χ3n) is 4.40. The molecule has 0 spiro atoms. The Hall–Kier alpha value is -3.86. The van der Waals surface area contributed by atoms with E-state index in [1.807, 2.05) is 24.4 Å². The van der Waals surface area contributed by atoms with E-state index in [1.54, 1.807) is 10.7 Å². The third kappa shape index (κ3) is 4.10. The fourth-order valence-electron chi connectivity index (χ4n) is 2.87. The molecule has 3 aromatic carbocycles. The Kier molecular flexibility index (Phi) is 4.89. The van der Waals surface area contributed by atoms with Gasteiger partial charge in [0.1, 0.15) is 5.69 Å². The maximum absolute atomic E-state index is 9.64. The second-order valence-electron chi connectivity index (χ2n) is 6.49. The van der Waals surface area contributed by atoms with Crippen LogP contribution in [0, 0.1) is 0 Å². The smallest absolute Gasteiger partial charge is 0.158 e. The van der Waals surface area contributed by atoms with E-state index in [0.29, 0.717) is 17.8 Å². The summed E-state index contributed by atoms with van der Waals surface area (Å²) in [7, 11) is 0. The lowest BCUT2D eigenvalue weighted by Crippen LogP contribution is -2.00. The lowest BCUT2D eigenvalue weighted by Gasteiger charge is -2.02. The first-order valence-electron chi connectivity index (χ1n) is 8.92. The van der Waals surface area contributed by atoms with Gasteiger partial charge < -0.3 is 10.2 Å². The highest BCUT2D eigenvalue weighted by Gasteiger charge is 2.07. The second-order valence-corrected chi connectivity index (χ2v) is 6.49. The highest BCUT2D eigenvalue weighted by Crippen LogP contribution is 2.29. The molecule has 0 fully saturated rings. The summed E-state index contributed by atoms with van der Waals surface area (Å²) in [4.78, 5) is 0. The van der Waals surface area contributed by atoms with E-state index >= 15 is 0 Å². The molecule has 0 amide bonds. The van der Waals surface area contributed by atoms with Crippen molar-refractivity contribution in [2.75, 3.05) is 0 Å². The summed E-state index contributed by atoms with van der Waals surface area (Å²) >= 11 is 0. The molecule has 5 nitrogen and oxygen atoms in total. The zero-order chi connectivity index (χ0) is 19.3. The summed E-state index contributed by atoms with van der Waals surface area (Å²) in [5.41, 5.74) is 4.75. The van der Waals surface area contributed by atoms with Gasteiger partial charge in [0, 0.05) is 5.56 Å². The quantitative estimate of drug-likeness (QED) is 0.399. The van der Waals surface area contributed by atoms with Crippen LogP contribution in [0.25, 0.3) is 23.4 Å². The van der Waals surface area contributed by atoms with Crippen molar-refractivity contribution in [3.8, 4) is 22.8 Å². The Morgan fingerprint density at radius 1 is 0.786 bits per heavy atom. The average Bonchev–Trinajstić information content (AvgIpc) is 3.19. The SMILES string of the molecule is Oc1ccc(-c2cn(Cc3ccc(/C=C/c4ccccc4)cc3)nn2)cc1O. The van der Waals surface area contributed by atoms with Crippen LogP contribution in [0.4, 0.5) is 0 Å². The fraction of sp³-hybridized carbons (Fsp3) is 0.0435. The largest absolute Gasteiger partial charge is 0.504 e. The van der Waals surface area contributed by atoms with Gasteiger partial charge in [-0.15, -0.1) is 5.10 Å². The Morgan fingerprint density at radius 2 is 1.50 bits per heavy atom. The maximum atomic E-state index is 9.64. The number of hydrogen-bond donors (Lipinski definition) is 2. The molecule has 0 aliphatic carbocycles. The second kappa shape index (κ2) is 7.80. The van der Waals surface area contributed by atoms with E-state index in [-0.39, 0.29) is 11.5 Å². The number of aromatic nitrogens is 3. The van der Waals surface area contributed by atoms with E-state index in [2.05, 4.69) is 58.9 Å². The zero-order valence-corrected chi connectivity index (χ0v) is 15.1. The van der Waals surface area contributed by atoms with Crippen molar-refractivity contribution < 1.29 is 10.2 Å². The Morgan fingerprint density at radius 3 is 2.21 bits per heavy atom. The molecule has 2 N–H and O–H groups in total. The molecule has 0 atom stereocenters. The minimum absolute atomic E-state index is 0.155. The lowest BCUT2D eigenvalue weighted by molar-refractivity contribution is 0.404. The number of rotatable bonds is 5. The molecule has 4 aromatic rings. The first kappa shape index (κ1) is 17.5. The molecule has 0 unspecified atom stereocenters. The summed E-state index contributed by atoms with van der Waals surface area (Å²) in [6, 6.07) is 23.1. The van der Waals surface area contributed by atoms with Crippen LogP contribution < -0.4 is 0 Å². The van der Waals surface area contributed by atoms with Crippen molar-refractivity contribution in [3.63, 3.8) is 0 Å². The Bertz CT molecular complexity index is 1100. The van der Waals surface area contributed by atoms with E-state index < -0.39 is 0 Å². The van der Waals surface area contributed by atoms with Crippen LogP contribution >= 0.6 is 0 Å². The highest BCUT2D eigenvalue weighted by atomic mass is 16.3. The monoisotopic (exact) mass is 369 g/mol. The third-order valence-corrected chi connectivity index (χ3v) is 4.40. The number of hydrogen-bond acceptors (Lipinski definition) is 4. The normalized spacial score (nSPS) is 11.1. The van der Waals surface area contributed by atoms with Crippen LogP contribution in [-0.2, 0) is 6.54 Å². The van der Waals surface area contributed by atoms with Crippen LogP contribution in [0.1, 0.15) is 16.7 Å². The summed E-state index contributed by atoms with van der Waals surface area (Å²) in [5, 5.41) is 27.3. The molecule has 1 aromatic heterocycles. The summed E-state index contributed by atoms with van der Waals surface area (Å²) < 4.78 is 1.74. The van der Waals surface area contributed by atoms with Crippen molar-refractivity contribution in [2.45, 2.75) is 6.54 Å². The molecule has 0 aliphatic rings. The minimum Gasteiger partial charge on any atom is -0.504 e. The van der Waals surface area contributed by atoms with Crippen LogP contribution in [0.2, 0.25) is 0 Å². The number of phenolic OH excluding ortho intramolecular Hbond substituents is 2. The number of benzene rings is 3. The number of phenols is 2. The molecule has 0 bridgehead atoms. The fourth-order valence-corrected chi connectivity index (χ4v) is 2.87. The molecule has 0 saturated carbocycles. The van der Waals surface area contributed by atoms with E-state index in [9.17, 15) is 10.2 Å². The first-order chi connectivity index (χ1) is 13.7. The average molecular weight is 369 g/mol. The lowest BCUT2D eigenvalue weighted by atomic mass is 10.1. The van der Waals surface area contributed by atoms with Gasteiger partial charge in [-0.3, -0.25) is 0 Å². The van der Waals surface area contributed by atoms with Gasteiger partial charge in [-0.05, 0) is 34.9 Å². The number of aromatic hydroxyl groups is 2. The van der Waals surface area contributed by atoms with Crippen LogP contribution in [0.5, 0.6) is 11.5 Å². The van der Waals surface area contributed by atoms with E-state index in [1.165, 1.54) is 17.7 Å². The first-order valence-corrected chi connectivity index (χ1v) is 8.92. The van der Waals surface area contributed by atoms with Gasteiger partial charge in [0.15, 0.2) is 11.5 Å². The van der Waals surface area contributed by atoms with Crippen molar-refractivity contribution in [1.29, 1.82) is 0 Å². The summed E-state index contributed by atoms with van der Waals surface area (Å²) in [6.45, 7) is 0.597. The summed E-state index contributed by atoms with van der Waals surface area (Å²) in [6.07, 6.45) is 5.99. The molecular weight excluding hydrogens is 350 g/mol. The van der Waals surface area contributed by atoms with Gasteiger partial charge >= 0.3 is 0 Å². The van der Waals surface area contributed by atoms with Crippen LogP contribution in [-0.4, -0.2) is 25.2 Å². The number of nitrogens with zero attached hydrogens (tertiary/aromatic N) is 3. The summed E-state index contributed by atoms with van der Waals surface area (Å²) in [5.74, 6) is -0.330. The molecule has 1 heterocycles. The molecular formula is C23H19N3O2.